The number of nitrogens with two attached hydrogens (primary N) is 1. The molecule has 0 spiro atoms. The molecule has 0 heterocycles. The van der Waals surface area contributed by atoms with Gasteiger partial charge in [-0.15, -0.1) is 12.4 Å². The molecule has 0 aromatic heterocycles. The van der Waals surface area contributed by atoms with Crippen LogP contribution in [-0.2, 0) is 0 Å². The zero-order valence-corrected chi connectivity index (χ0v) is 7.27. The van der Waals surface area contributed by atoms with E-state index in [1.165, 1.54) is 20.8 Å². The molecular weight excluding hydrogens is 160 g/mol. The lowest BCUT2D eigenvalue weighted by molar-refractivity contribution is -0.0631. The summed E-state index contributed by atoms with van der Waals surface area (Å²) < 4.78 is 25.1. The van der Waals surface area contributed by atoms with E-state index >= 15 is 0 Å². The molecule has 0 unspecified atom stereocenters. The van der Waals surface area contributed by atoms with Crippen molar-refractivity contribution < 1.29 is 8.78 Å². The highest BCUT2D eigenvalue weighted by Gasteiger charge is 2.41. The monoisotopic (exact) mass is 173 g/mol. The van der Waals surface area contributed by atoms with Crippen LogP contribution in [0.2, 0.25) is 0 Å². The van der Waals surface area contributed by atoms with Crippen molar-refractivity contribution in [2.45, 2.75) is 38.7 Å². The number of hydrogen-bond donors (Lipinski definition) is 1. The van der Waals surface area contributed by atoms with Gasteiger partial charge in [0.25, 0.3) is 5.92 Å². The van der Waals surface area contributed by atoms with Crippen LogP contribution in [0.5, 0.6) is 0 Å². The smallest absolute Gasteiger partial charge is 0.264 e. The molecule has 4 heteroatoms. The third-order valence-corrected chi connectivity index (χ3v) is 1.39. The lowest BCUT2D eigenvalue weighted by Crippen LogP contribution is -2.50. The molecule has 0 rings (SSSR count). The number of rotatable bonds is 2. The SMILES string of the molecule is CCC(F)(F)C(C)(C)N.Cl. The normalized spacial score (nSPS) is 12.6. The van der Waals surface area contributed by atoms with Crippen molar-refractivity contribution in [3.63, 3.8) is 0 Å². The molecular formula is C6H14ClF2N. The zero-order valence-electron chi connectivity index (χ0n) is 6.45. The molecule has 0 saturated heterocycles. The van der Waals surface area contributed by atoms with E-state index in [-0.39, 0.29) is 18.8 Å². The van der Waals surface area contributed by atoms with Crippen molar-refractivity contribution in [3.8, 4) is 0 Å². The first kappa shape index (κ1) is 12.8. The first-order valence-corrected chi connectivity index (χ1v) is 2.98. The molecule has 0 aromatic rings. The standard InChI is InChI=1S/C6H13F2N.ClH/c1-4-6(7,8)5(2,3)9;/h4,9H2,1-3H3;1H. The quantitative estimate of drug-likeness (QED) is 0.681. The predicted molar refractivity (Wildman–Crippen MR) is 40.8 cm³/mol. The van der Waals surface area contributed by atoms with Crippen LogP contribution in [0.4, 0.5) is 8.78 Å². The molecule has 0 bridgehead atoms. The van der Waals surface area contributed by atoms with E-state index in [4.69, 9.17) is 5.73 Å². The topological polar surface area (TPSA) is 26.0 Å². The molecule has 0 fully saturated rings. The van der Waals surface area contributed by atoms with Gasteiger partial charge in [-0.25, -0.2) is 8.78 Å². The average molecular weight is 174 g/mol. The van der Waals surface area contributed by atoms with Gasteiger partial charge in [0, 0.05) is 6.42 Å². The number of hydrogen-bond acceptors (Lipinski definition) is 1. The minimum Gasteiger partial charge on any atom is -0.321 e. The highest BCUT2D eigenvalue weighted by molar-refractivity contribution is 5.85. The van der Waals surface area contributed by atoms with Crippen molar-refractivity contribution >= 4 is 12.4 Å². The second kappa shape index (κ2) is 3.49. The van der Waals surface area contributed by atoms with E-state index in [9.17, 15) is 8.78 Å². The Bertz CT molecular complexity index is 98.4. The summed E-state index contributed by atoms with van der Waals surface area (Å²) in [5.74, 6) is -2.74. The Labute approximate surface area is 66.4 Å². The Kier molecular flexibility index (Phi) is 4.45. The minimum absolute atomic E-state index is 0. The van der Waals surface area contributed by atoms with E-state index < -0.39 is 11.5 Å². The average Bonchev–Trinajstić information content (AvgIpc) is 1.64. The molecule has 0 saturated carbocycles. The van der Waals surface area contributed by atoms with Gasteiger partial charge in [0.2, 0.25) is 0 Å². The molecule has 0 radical (unpaired) electrons. The Morgan fingerprint density at radius 2 is 1.60 bits per heavy atom. The summed E-state index contributed by atoms with van der Waals surface area (Å²) in [6, 6.07) is 0. The van der Waals surface area contributed by atoms with Crippen LogP contribution < -0.4 is 5.73 Å². The molecule has 0 aromatic carbocycles. The lowest BCUT2D eigenvalue weighted by Gasteiger charge is -2.28. The number of alkyl halides is 2. The maximum absolute atomic E-state index is 12.5. The first-order valence-electron chi connectivity index (χ1n) is 2.98. The Hall–Kier alpha value is 0.110. The van der Waals surface area contributed by atoms with Crippen LogP contribution in [0.25, 0.3) is 0 Å². The van der Waals surface area contributed by atoms with E-state index in [2.05, 4.69) is 0 Å². The van der Waals surface area contributed by atoms with Crippen LogP contribution in [0.3, 0.4) is 0 Å². The molecule has 0 aliphatic heterocycles. The minimum atomic E-state index is -2.74. The fourth-order valence-electron chi connectivity index (χ4n) is 0.456. The van der Waals surface area contributed by atoms with E-state index in [0.29, 0.717) is 0 Å². The van der Waals surface area contributed by atoms with Crippen LogP contribution in [0.15, 0.2) is 0 Å². The third-order valence-electron chi connectivity index (χ3n) is 1.39. The van der Waals surface area contributed by atoms with Crippen molar-refractivity contribution in [1.82, 2.24) is 0 Å². The summed E-state index contributed by atoms with van der Waals surface area (Å²) in [5, 5.41) is 0. The number of halogens is 3. The highest BCUT2D eigenvalue weighted by atomic mass is 35.5. The van der Waals surface area contributed by atoms with Crippen molar-refractivity contribution in [1.29, 1.82) is 0 Å². The zero-order chi connectivity index (χ0) is 7.71. The molecule has 64 valence electrons. The fourth-order valence-corrected chi connectivity index (χ4v) is 0.456. The van der Waals surface area contributed by atoms with Gasteiger partial charge in [0.05, 0.1) is 5.54 Å². The summed E-state index contributed by atoms with van der Waals surface area (Å²) >= 11 is 0. The maximum Gasteiger partial charge on any atom is 0.264 e. The Balaban J connectivity index is 0. The van der Waals surface area contributed by atoms with Crippen LogP contribution in [-0.4, -0.2) is 11.5 Å². The second-order valence-corrected chi connectivity index (χ2v) is 2.78. The summed E-state index contributed by atoms with van der Waals surface area (Å²) in [7, 11) is 0. The van der Waals surface area contributed by atoms with Crippen LogP contribution in [0, 0.1) is 0 Å². The maximum atomic E-state index is 12.5. The lowest BCUT2D eigenvalue weighted by atomic mass is 9.96. The fraction of sp³-hybridized carbons (Fsp3) is 1.00. The highest BCUT2D eigenvalue weighted by Crippen LogP contribution is 2.28. The molecule has 0 amide bonds. The molecule has 0 aliphatic carbocycles. The van der Waals surface area contributed by atoms with E-state index in [1.807, 2.05) is 0 Å². The van der Waals surface area contributed by atoms with Crippen LogP contribution >= 0.6 is 12.4 Å². The first-order chi connectivity index (χ1) is 3.81. The van der Waals surface area contributed by atoms with Crippen LogP contribution in [0.1, 0.15) is 27.2 Å². The largest absolute Gasteiger partial charge is 0.321 e. The Morgan fingerprint density at radius 3 is 1.60 bits per heavy atom. The van der Waals surface area contributed by atoms with Gasteiger partial charge < -0.3 is 5.73 Å². The van der Waals surface area contributed by atoms with Gasteiger partial charge in [-0.3, -0.25) is 0 Å². The van der Waals surface area contributed by atoms with Gasteiger partial charge in [-0.1, -0.05) is 6.92 Å². The van der Waals surface area contributed by atoms with Gasteiger partial charge in [-0.05, 0) is 13.8 Å². The van der Waals surface area contributed by atoms with Crippen molar-refractivity contribution in [2.24, 2.45) is 5.73 Å². The summed E-state index contributed by atoms with van der Waals surface area (Å²) in [5.41, 5.74) is 3.79. The van der Waals surface area contributed by atoms with E-state index in [0.717, 1.165) is 0 Å². The van der Waals surface area contributed by atoms with Gasteiger partial charge in [0.1, 0.15) is 0 Å². The molecule has 0 atom stereocenters. The van der Waals surface area contributed by atoms with Gasteiger partial charge in [-0.2, -0.15) is 0 Å². The molecule has 0 aliphatic rings. The van der Waals surface area contributed by atoms with Gasteiger partial charge >= 0.3 is 0 Å². The summed E-state index contributed by atoms with van der Waals surface area (Å²) in [6.45, 7) is 4.08. The third kappa shape index (κ3) is 2.80. The van der Waals surface area contributed by atoms with Gasteiger partial charge in [0.15, 0.2) is 0 Å². The van der Waals surface area contributed by atoms with E-state index in [1.54, 1.807) is 0 Å². The molecule has 10 heavy (non-hydrogen) atoms. The van der Waals surface area contributed by atoms with Crippen molar-refractivity contribution in [2.75, 3.05) is 0 Å². The predicted octanol–water partition coefficient (Wildman–Crippen LogP) is 2.19. The summed E-state index contributed by atoms with van der Waals surface area (Å²) in [4.78, 5) is 0. The Morgan fingerprint density at radius 1 is 1.30 bits per heavy atom. The molecule has 2 N–H and O–H groups in total. The summed E-state index contributed by atoms with van der Waals surface area (Å²) in [6.07, 6.45) is -0.198. The second-order valence-electron chi connectivity index (χ2n) is 2.78. The van der Waals surface area contributed by atoms with Crippen molar-refractivity contribution in [3.05, 3.63) is 0 Å². The molecule has 1 nitrogen and oxygen atoms in total.